The summed E-state index contributed by atoms with van der Waals surface area (Å²) in [6, 6.07) is 9.57. The summed E-state index contributed by atoms with van der Waals surface area (Å²) in [6.45, 7) is 0.0370. The second kappa shape index (κ2) is 5.21. The smallest absolute Gasteiger partial charge is 0.264 e. The van der Waals surface area contributed by atoms with Gasteiger partial charge in [0.25, 0.3) is 5.91 Å². The maximum absolute atomic E-state index is 11.8. The minimum Gasteiger partial charge on any atom is -0.481 e. The molecule has 0 unspecified atom stereocenters. The Morgan fingerprint density at radius 1 is 1.13 bits per heavy atom. The monoisotopic (exact) mass is 325 g/mol. The molecule has 4 rings (SSSR count). The fourth-order valence-corrected chi connectivity index (χ4v) is 2.75. The molecule has 23 heavy (non-hydrogen) atoms. The van der Waals surface area contributed by atoms with Gasteiger partial charge in [0.15, 0.2) is 12.4 Å². The third kappa shape index (κ3) is 2.29. The van der Waals surface area contributed by atoms with Crippen LogP contribution in [0, 0.1) is 0 Å². The number of ether oxygens (including phenoxy) is 1. The van der Waals surface area contributed by atoms with Gasteiger partial charge in [0.1, 0.15) is 10.8 Å². The van der Waals surface area contributed by atoms with Crippen LogP contribution in [0.1, 0.15) is 0 Å². The zero-order valence-electron chi connectivity index (χ0n) is 12.3. The number of anilines is 1. The lowest BCUT2D eigenvalue weighted by molar-refractivity contribution is -0.120. The van der Waals surface area contributed by atoms with Crippen LogP contribution in [0.15, 0.2) is 42.7 Å². The van der Waals surface area contributed by atoms with Crippen LogP contribution in [0.25, 0.3) is 22.0 Å². The fraction of sp³-hybridized carbons (Fsp3) is 0.118. The average Bonchev–Trinajstić information content (AvgIpc) is 2.58. The summed E-state index contributed by atoms with van der Waals surface area (Å²) in [5.41, 5.74) is 3.44. The second-order valence-corrected chi connectivity index (χ2v) is 5.70. The number of halogens is 1. The quantitative estimate of drug-likeness (QED) is 0.644. The molecule has 0 radical (unpaired) electrons. The van der Waals surface area contributed by atoms with E-state index in [1.807, 2.05) is 24.3 Å². The number of likely N-dealkylation sites (N-methyl/N-ethyl adjacent to an activating group) is 1. The molecule has 1 aliphatic heterocycles. The number of hydrogen-bond donors (Lipinski definition) is 0. The number of nitrogens with zero attached hydrogens (tertiary/aromatic N) is 3. The van der Waals surface area contributed by atoms with E-state index in [9.17, 15) is 4.79 Å². The molecule has 0 saturated heterocycles. The van der Waals surface area contributed by atoms with Gasteiger partial charge in [-0.1, -0.05) is 17.7 Å². The Morgan fingerprint density at radius 2 is 1.96 bits per heavy atom. The van der Waals surface area contributed by atoms with Gasteiger partial charge in [0.05, 0.1) is 11.7 Å². The first-order valence-electron chi connectivity index (χ1n) is 7.07. The highest BCUT2D eigenvalue weighted by Crippen LogP contribution is 2.38. The van der Waals surface area contributed by atoms with Gasteiger partial charge in [-0.3, -0.25) is 9.78 Å². The minimum atomic E-state index is -0.0864. The molecule has 1 amide bonds. The lowest BCUT2D eigenvalue weighted by Crippen LogP contribution is -2.35. The van der Waals surface area contributed by atoms with Crippen LogP contribution >= 0.6 is 11.6 Å². The Balaban J connectivity index is 1.91. The summed E-state index contributed by atoms with van der Waals surface area (Å²) in [7, 11) is 1.73. The molecule has 0 N–H and O–H groups in total. The summed E-state index contributed by atoms with van der Waals surface area (Å²) >= 11 is 5.84. The summed E-state index contributed by atoms with van der Waals surface area (Å²) in [5.74, 6) is 0.595. The first-order chi connectivity index (χ1) is 11.1. The zero-order valence-corrected chi connectivity index (χ0v) is 13.0. The second-order valence-electron chi connectivity index (χ2n) is 5.32. The van der Waals surface area contributed by atoms with Gasteiger partial charge in [-0.2, -0.15) is 0 Å². The van der Waals surface area contributed by atoms with Crippen LogP contribution in [0.2, 0.25) is 5.15 Å². The van der Waals surface area contributed by atoms with Gasteiger partial charge < -0.3 is 9.64 Å². The molecule has 3 aromatic rings. The molecule has 3 heterocycles. The number of benzene rings is 1. The summed E-state index contributed by atoms with van der Waals surface area (Å²) in [6.07, 6.45) is 3.39. The molecule has 0 fully saturated rings. The van der Waals surface area contributed by atoms with Crippen molar-refractivity contribution < 1.29 is 9.53 Å². The molecule has 5 nitrogen and oxygen atoms in total. The Bertz CT molecular complexity index is 925. The molecule has 0 bridgehead atoms. The number of fused-ring (bicyclic) bond motifs is 3. The molecule has 0 saturated carbocycles. The lowest BCUT2D eigenvalue weighted by atomic mass is 10.0. The highest BCUT2D eigenvalue weighted by Gasteiger charge is 2.24. The fourth-order valence-electron chi connectivity index (χ4n) is 2.64. The molecule has 0 aliphatic carbocycles. The Morgan fingerprint density at radius 3 is 2.74 bits per heavy atom. The minimum absolute atomic E-state index is 0.0370. The van der Waals surface area contributed by atoms with Crippen molar-refractivity contribution in [2.24, 2.45) is 0 Å². The van der Waals surface area contributed by atoms with Crippen molar-refractivity contribution in [2.45, 2.75) is 0 Å². The van der Waals surface area contributed by atoms with Crippen molar-refractivity contribution in [3.8, 4) is 16.9 Å². The predicted molar refractivity (Wildman–Crippen MR) is 88.9 cm³/mol. The maximum Gasteiger partial charge on any atom is 0.264 e. The molecule has 114 valence electrons. The standard InChI is InChI=1S/C17H12ClN3O2/c1-21-14-8-19-13-4-2-10(11-3-5-15(18)20-7-11)6-12(13)17(14)23-9-16(21)22/h2-8H,9H2,1H3. The van der Waals surface area contributed by atoms with E-state index in [1.54, 1.807) is 30.4 Å². The number of amides is 1. The van der Waals surface area contributed by atoms with E-state index in [-0.39, 0.29) is 12.5 Å². The molecule has 0 spiro atoms. The zero-order chi connectivity index (χ0) is 16.0. The van der Waals surface area contributed by atoms with Crippen molar-refractivity contribution in [1.29, 1.82) is 0 Å². The van der Waals surface area contributed by atoms with Gasteiger partial charge in [0.2, 0.25) is 0 Å². The number of pyridine rings is 2. The Hall–Kier alpha value is -2.66. The van der Waals surface area contributed by atoms with E-state index in [1.165, 1.54) is 0 Å². The van der Waals surface area contributed by atoms with Crippen molar-refractivity contribution in [2.75, 3.05) is 18.6 Å². The van der Waals surface area contributed by atoms with Gasteiger partial charge >= 0.3 is 0 Å². The van der Waals surface area contributed by atoms with E-state index >= 15 is 0 Å². The third-order valence-corrected chi connectivity index (χ3v) is 4.16. The molecular weight excluding hydrogens is 314 g/mol. The van der Waals surface area contributed by atoms with E-state index in [0.717, 1.165) is 22.0 Å². The first-order valence-corrected chi connectivity index (χ1v) is 7.45. The predicted octanol–water partition coefficient (Wildman–Crippen LogP) is 3.31. The van der Waals surface area contributed by atoms with E-state index < -0.39 is 0 Å². The first kappa shape index (κ1) is 14.0. The average molecular weight is 326 g/mol. The van der Waals surface area contributed by atoms with Gasteiger partial charge in [-0.15, -0.1) is 0 Å². The summed E-state index contributed by atoms with van der Waals surface area (Å²) < 4.78 is 5.66. The van der Waals surface area contributed by atoms with E-state index in [0.29, 0.717) is 16.6 Å². The highest BCUT2D eigenvalue weighted by molar-refractivity contribution is 6.29. The van der Waals surface area contributed by atoms with Crippen LogP contribution in [0.5, 0.6) is 5.75 Å². The number of rotatable bonds is 1. The number of carbonyl (C=O) groups is 1. The van der Waals surface area contributed by atoms with E-state index in [2.05, 4.69) is 9.97 Å². The number of aromatic nitrogens is 2. The Labute approximate surface area is 137 Å². The van der Waals surface area contributed by atoms with E-state index in [4.69, 9.17) is 16.3 Å². The summed E-state index contributed by atoms with van der Waals surface area (Å²) in [5, 5.41) is 1.33. The van der Waals surface area contributed by atoms with Crippen LogP contribution < -0.4 is 9.64 Å². The SMILES string of the molecule is CN1C(=O)COc2c1cnc1ccc(-c3ccc(Cl)nc3)cc21. The van der Waals surface area contributed by atoms with Gasteiger partial charge in [-0.05, 0) is 29.8 Å². The molecule has 2 aromatic heterocycles. The van der Waals surface area contributed by atoms with Crippen LogP contribution in [-0.4, -0.2) is 29.5 Å². The van der Waals surface area contributed by atoms with Crippen molar-refractivity contribution in [3.05, 3.63) is 47.9 Å². The van der Waals surface area contributed by atoms with Gasteiger partial charge in [-0.25, -0.2) is 4.98 Å². The van der Waals surface area contributed by atoms with Crippen LogP contribution in [0.3, 0.4) is 0 Å². The normalized spacial score (nSPS) is 13.8. The largest absolute Gasteiger partial charge is 0.481 e. The van der Waals surface area contributed by atoms with Gasteiger partial charge in [0, 0.05) is 24.2 Å². The number of carbonyl (C=O) groups excluding carboxylic acids is 1. The molecule has 1 aliphatic rings. The highest BCUT2D eigenvalue weighted by atomic mass is 35.5. The van der Waals surface area contributed by atoms with Crippen LogP contribution in [-0.2, 0) is 4.79 Å². The maximum atomic E-state index is 11.8. The molecule has 1 aromatic carbocycles. The number of hydrogen-bond acceptors (Lipinski definition) is 4. The lowest BCUT2D eigenvalue weighted by Gasteiger charge is -2.26. The molecule has 6 heteroatoms. The topological polar surface area (TPSA) is 55.3 Å². The molecular formula is C17H12ClN3O2. The van der Waals surface area contributed by atoms with Crippen molar-refractivity contribution in [1.82, 2.24) is 9.97 Å². The molecule has 0 atom stereocenters. The van der Waals surface area contributed by atoms with Crippen LogP contribution in [0.4, 0.5) is 5.69 Å². The third-order valence-electron chi connectivity index (χ3n) is 3.94. The summed E-state index contributed by atoms with van der Waals surface area (Å²) in [4.78, 5) is 21.9. The van der Waals surface area contributed by atoms with Crippen molar-refractivity contribution >= 4 is 34.1 Å². The van der Waals surface area contributed by atoms with Crippen molar-refractivity contribution in [3.63, 3.8) is 0 Å². The Kier molecular flexibility index (Phi) is 3.16.